The molecule has 0 bridgehead atoms. The molecule has 1 atom stereocenters. The molecule has 0 unspecified atom stereocenters. The van der Waals surface area contributed by atoms with E-state index in [0.717, 1.165) is 17.2 Å². The summed E-state index contributed by atoms with van der Waals surface area (Å²) in [6, 6.07) is 7.60. The van der Waals surface area contributed by atoms with Crippen molar-refractivity contribution in [1.82, 2.24) is 0 Å². The Bertz CT molecular complexity index is 946. The molecule has 2 N–H and O–H groups in total. The average Bonchev–Trinajstić information content (AvgIpc) is 2.56. The molecule has 0 aliphatic heterocycles. The van der Waals surface area contributed by atoms with E-state index in [-0.39, 0.29) is 27.8 Å². The number of anilines is 1. The number of quaternary nitrogens is 1. The van der Waals surface area contributed by atoms with E-state index in [4.69, 9.17) is 11.6 Å². The number of hydrogen-bond acceptors (Lipinski definition) is 5. The predicted molar refractivity (Wildman–Crippen MR) is 102 cm³/mol. The first-order valence-electron chi connectivity index (χ1n) is 7.98. The third-order valence-electron chi connectivity index (χ3n) is 4.14. The second-order valence-corrected chi connectivity index (χ2v) is 8.78. The van der Waals surface area contributed by atoms with Crippen molar-refractivity contribution in [1.29, 1.82) is 0 Å². The Balaban J connectivity index is 2.37. The molecule has 0 amide bonds. The number of nitrogens with zero attached hydrogens (tertiary/aromatic N) is 1. The van der Waals surface area contributed by atoms with Crippen LogP contribution in [0.5, 0.6) is 0 Å². The number of benzene rings is 2. The Morgan fingerprint density at radius 2 is 1.96 bits per heavy atom. The van der Waals surface area contributed by atoms with Gasteiger partial charge in [-0.15, -0.1) is 0 Å². The molecule has 146 valence electrons. The van der Waals surface area contributed by atoms with E-state index >= 15 is 0 Å². The molecule has 10 heteroatoms. The van der Waals surface area contributed by atoms with Crippen LogP contribution in [0.2, 0.25) is 5.02 Å². The van der Waals surface area contributed by atoms with E-state index in [2.05, 4.69) is 5.32 Å². The van der Waals surface area contributed by atoms with E-state index < -0.39 is 26.6 Å². The molecule has 0 saturated carbocycles. The van der Waals surface area contributed by atoms with Crippen molar-refractivity contribution in [3.8, 4) is 0 Å². The highest BCUT2D eigenvalue weighted by Crippen LogP contribution is 2.29. The van der Waals surface area contributed by atoms with Gasteiger partial charge in [0.15, 0.2) is 9.84 Å². The average molecular weight is 417 g/mol. The molecule has 7 nitrogen and oxygen atoms in total. The third-order valence-corrected chi connectivity index (χ3v) is 5.58. The lowest BCUT2D eigenvalue weighted by Gasteiger charge is -2.24. The first kappa shape index (κ1) is 21.1. The highest BCUT2D eigenvalue weighted by atomic mass is 35.5. The van der Waals surface area contributed by atoms with Crippen LogP contribution in [0.25, 0.3) is 0 Å². The van der Waals surface area contributed by atoms with Crippen molar-refractivity contribution < 1.29 is 22.6 Å². The summed E-state index contributed by atoms with van der Waals surface area (Å²) in [7, 11) is 0.0536. The molecule has 0 saturated heterocycles. The zero-order chi connectivity index (χ0) is 20.4. The fourth-order valence-corrected chi connectivity index (χ4v) is 3.63. The van der Waals surface area contributed by atoms with Gasteiger partial charge in [0.1, 0.15) is 17.5 Å². The maximum Gasteiger partial charge on any atom is 0.293 e. The van der Waals surface area contributed by atoms with Gasteiger partial charge in [-0.05, 0) is 24.3 Å². The molecule has 0 spiro atoms. The third kappa shape index (κ3) is 4.94. The number of hydrogen-bond donors (Lipinski definition) is 2. The first-order chi connectivity index (χ1) is 12.5. The van der Waals surface area contributed by atoms with Gasteiger partial charge in [0.2, 0.25) is 0 Å². The van der Waals surface area contributed by atoms with E-state index in [1.54, 1.807) is 6.07 Å². The largest absolute Gasteiger partial charge is 0.373 e. The molecular weight excluding hydrogens is 397 g/mol. The van der Waals surface area contributed by atoms with Crippen LogP contribution >= 0.6 is 11.6 Å². The molecular formula is C17H20ClFN3O4S+. The van der Waals surface area contributed by atoms with E-state index in [1.165, 1.54) is 24.3 Å². The van der Waals surface area contributed by atoms with Gasteiger partial charge in [-0.3, -0.25) is 10.1 Å². The van der Waals surface area contributed by atoms with Gasteiger partial charge in [-0.2, -0.15) is 0 Å². The minimum absolute atomic E-state index is 0.145. The van der Waals surface area contributed by atoms with Crippen LogP contribution < -0.4 is 10.2 Å². The summed E-state index contributed by atoms with van der Waals surface area (Å²) >= 11 is 6.15. The lowest BCUT2D eigenvalue weighted by Crippen LogP contribution is -3.06. The van der Waals surface area contributed by atoms with Gasteiger partial charge in [0.25, 0.3) is 5.69 Å². The highest BCUT2D eigenvalue weighted by molar-refractivity contribution is 7.90. The van der Waals surface area contributed by atoms with Crippen LogP contribution in [0.15, 0.2) is 41.3 Å². The summed E-state index contributed by atoms with van der Waals surface area (Å²) in [4.78, 5) is 11.4. The zero-order valence-electron chi connectivity index (χ0n) is 15.0. The van der Waals surface area contributed by atoms with Crippen molar-refractivity contribution in [3.05, 3.63) is 62.9 Å². The first-order valence-corrected chi connectivity index (χ1v) is 10.3. The summed E-state index contributed by atoms with van der Waals surface area (Å²) in [6.45, 7) is 0.155. The fraction of sp³-hybridized carbons (Fsp3) is 0.294. The monoisotopic (exact) mass is 416 g/mol. The summed E-state index contributed by atoms with van der Waals surface area (Å²) in [5, 5.41) is 14.5. The Morgan fingerprint density at radius 1 is 1.30 bits per heavy atom. The van der Waals surface area contributed by atoms with Crippen LogP contribution in [0.4, 0.5) is 15.8 Å². The predicted octanol–water partition coefficient (Wildman–Crippen LogP) is 2.09. The van der Waals surface area contributed by atoms with Crippen molar-refractivity contribution in [2.45, 2.75) is 10.9 Å². The molecule has 2 rings (SSSR count). The lowest BCUT2D eigenvalue weighted by molar-refractivity contribution is -0.890. The van der Waals surface area contributed by atoms with Gasteiger partial charge < -0.3 is 10.2 Å². The van der Waals surface area contributed by atoms with Crippen LogP contribution in [-0.2, 0) is 9.84 Å². The molecule has 27 heavy (non-hydrogen) atoms. The second kappa shape index (κ2) is 8.20. The SMILES string of the molecule is C[NH+](C)[C@H](CNc1ccc(S(C)(=O)=O)cc1[N+](=O)[O-])c1c(F)cccc1Cl. The molecule has 0 radical (unpaired) electrons. The molecule has 0 aliphatic rings. The van der Waals surface area contributed by atoms with Crippen LogP contribution in [0.3, 0.4) is 0 Å². The summed E-state index contributed by atoms with van der Waals surface area (Å²) < 4.78 is 37.5. The lowest BCUT2D eigenvalue weighted by atomic mass is 10.0. The van der Waals surface area contributed by atoms with Crippen LogP contribution in [-0.4, -0.2) is 40.2 Å². The minimum Gasteiger partial charge on any atom is -0.373 e. The smallest absolute Gasteiger partial charge is 0.293 e. The number of nitro benzene ring substituents is 1. The van der Waals surface area contributed by atoms with Gasteiger partial charge in [0.05, 0.1) is 41.0 Å². The molecule has 2 aromatic carbocycles. The fourth-order valence-electron chi connectivity index (χ4n) is 2.69. The van der Waals surface area contributed by atoms with Gasteiger partial charge >= 0.3 is 0 Å². The molecule has 0 heterocycles. The summed E-state index contributed by atoms with van der Waals surface area (Å²) in [6.07, 6.45) is 0.977. The van der Waals surface area contributed by atoms with Crippen molar-refractivity contribution in [2.24, 2.45) is 0 Å². The number of rotatable bonds is 7. The van der Waals surface area contributed by atoms with Crippen molar-refractivity contribution in [2.75, 3.05) is 32.2 Å². The van der Waals surface area contributed by atoms with Crippen molar-refractivity contribution >= 4 is 32.8 Å². The number of nitrogens with one attached hydrogen (secondary N) is 2. The molecule has 0 aliphatic carbocycles. The van der Waals surface area contributed by atoms with Gasteiger partial charge in [-0.1, -0.05) is 17.7 Å². The zero-order valence-corrected chi connectivity index (χ0v) is 16.6. The van der Waals surface area contributed by atoms with E-state index in [1.807, 2.05) is 14.1 Å². The Morgan fingerprint density at radius 3 is 2.48 bits per heavy atom. The quantitative estimate of drug-likeness (QED) is 0.532. The topological polar surface area (TPSA) is 93.8 Å². The van der Waals surface area contributed by atoms with E-state index in [9.17, 15) is 22.9 Å². The van der Waals surface area contributed by atoms with Gasteiger partial charge in [0, 0.05) is 12.3 Å². The van der Waals surface area contributed by atoms with Crippen LogP contribution in [0.1, 0.15) is 11.6 Å². The standard InChI is InChI=1S/C17H19ClFN3O4S/c1-21(2)16(17-12(18)5-4-6-13(17)19)10-20-14-8-7-11(27(3,25)26)9-15(14)22(23)24/h4-9,16,20H,10H2,1-3H3/p+1/t16-/m1/s1. The maximum atomic E-state index is 14.3. The number of sulfone groups is 1. The summed E-state index contributed by atoms with van der Waals surface area (Å²) in [5.74, 6) is -0.461. The molecule has 0 fully saturated rings. The van der Waals surface area contributed by atoms with Crippen molar-refractivity contribution in [3.63, 3.8) is 0 Å². The van der Waals surface area contributed by atoms with Gasteiger partial charge in [-0.25, -0.2) is 12.8 Å². The number of nitro groups is 1. The molecule has 2 aromatic rings. The Hall–Kier alpha value is -2.23. The highest BCUT2D eigenvalue weighted by Gasteiger charge is 2.26. The van der Waals surface area contributed by atoms with Crippen LogP contribution in [0, 0.1) is 15.9 Å². The minimum atomic E-state index is -3.58. The maximum absolute atomic E-state index is 14.3. The Labute approximate surface area is 161 Å². The number of halogens is 2. The summed E-state index contributed by atoms with van der Waals surface area (Å²) in [5.41, 5.74) is 0.0817. The normalized spacial score (nSPS) is 12.8. The molecule has 0 aromatic heterocycles. The second-order valence-electron chi connectivity index (χ2n) is 6.35. The Kier molecular flexibility index (Phi) is 6.40. The number of likely N-dealkylation sites (N-methyl/N-ethyl adjacent to an activating group) is 1. The van der Waals surface area contributed by atoms with E-state index in [0.29, 0.717) is 5.56 Å².